The second-order valence-electron chi connectivity index (χ2n) is 8.53. The number of carbonyl (C=O) groups excluding carboxylic acids is 3. The Bertz CT molecular complexity index is 1050. The number of carboxylic acid groups (broad SMARTS) is 1. The fourth-order valence-corrected chi connectivity index (χ4v) is 4.46. The van der Waals surface area contributed by atoms with Gasteiger partial charge in [-0.1, -0.05) is 0 Å². The van der Waals surface area contributed by atoms with E-state index in [2.05, 4.69) is 15.3 Å². The zero-order chi connectivity index (χ0) is 23.7. The molecule has 0 unspecified atom stereocenters. The molecule has 2 aromatic heterocycles. The number of aromatic nitrogens is 2. The summed E-state index contributed by atoms with van der Waals surface area (Å²) in [5, 5.41) is 15.9. The molecule has 0 aromatic carbocycles. The molecule has 0 bridgehead atoms. The van der Waals surface area contributed by atoms with Gasteiger partial charge in [-0.15, -0.1) is 22.7 Å². The number of carbonyl (C=O) groups is 4. The molecule has 0 atom stereocenters. The molecular formula is C20H24N4O6S2. The van der Waals surface area contributed by atoms with Gasteiger partial charge in [-0.05, 0) is 33.6 Å². The summed E-state index contributed by atoms with van der Waals surface area (Å²) in [5.41, 5.74) is -1.21. The van der Waals surface area contributed by atoms with E-state index in [0.29, 0.717) is 28.6 Å². The Morgan fingerprint density at radius 1 is 1.19 bits per heavy atom. The summed E-state index contributed by atoms with van der Waals surface area (Å²) >= 11 is 2.49. The number of nitrogens with zero attached hydrogens (tertiary/aromatic N) is 3. The summed E-state index contributed by atoms with van der Waals surface area (Å²) < 4.78 is 5.21. The van der Waals surface area contributed by atoms with Gasteiger partial charge >= 0.3 is 12.1 Å². The van der Waals surface area contributed by atoms with E-state index in [4.69, 9.17) is 9.84 Å². The van der Waals surface area contributed by atoms with Crippen molar-refractivity contribution in [2.75, 3.05) is 7.05 Å². The summed E-state index contributed by atoms with van der Waals surface area (Å²) in [6.07, 6.45) is -0.0553. The summed E-state index contributed by atoms with van der Waals surface area (Å²) in [5.74, 6) is -1.83. The van der Waals surface area contributed by atoms with Crippen LogP contribution >= 0.6 is 22.7 Å². The molecule has 3 rings (SSSR count). The van der Waals surface area contributed by atoms with Crippen LogP contribution in [-0.2, 0) is 20.9 Å². The summed E-state index contributed by atoms with van der Waals surface area (Å²) in [6.45, 7) is 5.39. The fourth-order valence-electron chi connectivity index (χ4n) is 2.80. The molecule has 0 saturated heterocycles. The van der Waals surface area contributed by atoms with Crippen LogP contribution in [0, 0.1) is 0 Å². The second-order valence-corrected chi connectivity index (χ2v) is 10.3. The quantitative estimate of drug-likeness (QED) is 0.550. The third kappa shape index (κ3) is 5.88. The van der Waals surface area contributed by atoms with Crippen molar-refractivity contribution < 1.29 is 29.0 Å². The topological polar surface area (TPSA) is 139 Å². The molecule has 10 nitrogen and oxygen atoms in total. The summed E-state index contributed by atoms with van der Waals surface area (Å²) in [4.78, 5) is 58.0. The third-order valence-corrected chi connectivity index (χ3v) is 6.33. The number of hydrogen-bond acceptors (Lipinski definition) is 9. The highest BCUT2D eigenvalue weighted by molar-refractivity contribution is 7.14. The second kappa shape index (κ2) is 8.94. The highest BCUT2D eigenvalue weighted by atomic mass is 32.1. The highest BCUT2D eigenvalue weighted by Crippen LogP contribution is 2.37. The molecule has 0 radical (unpaired) electrons. The monoisotopic (exact) mass is 480 g/mol. The maximum atomic E-state index is 12.7. The van der Waals surface area contributed by atoms with Gasteiger partial charge in [0.15, 0.2) is 11.5 Å². The zero-order valence-corrected chi connectivity index (χ0v) is 19.8. The molecule has 172 valence electrons. The molecule has 32 heavy (non-hydrogen) atoms. The predicted octanol–water partition coefficient (Wildman–Crippen LogP) is 2.94. The molecule has 0 aliphatic heterocycles. The van der Waals surface area contributed by atoms with E-state index in [1.165, 1.54) is 33.0 Å². The standard InChI is InChI=1S/C20H24N4O6S2/c1-19(2,3)30-18(29)23-20(5-6-20)13(25)7-15(26)24(4)8-14-21-11(9-31-14)16-22-12(10-32-16)17(27)28/h9-10H,5-8H2,1-4H3,(H,23,29)(H,27,28). The number of ketones is 1. The molecule has 2 N–H and O–H groups in total. The number of amides is 2. The van der Waals surface area contributed by atoms with Gasteiger partial charge in [-0.25, -0.2) is 19.6 Å². The lowest BCUT2D eigenvalue weighted by atomic mass is 10.1. The van der Waals surface area contributed by atoms with Gasteiger partial charge in [0, 0.05) is 17.8 Å². The lowest BCUT2D eigenvalue weighted by Gasteiger charge is -2.23. The Hall–Kier alpha value is -2.86. The van der Waals surface area contributed by atoms with Crippen LogP contribution in [-0.4, -0.2) is 61.9 Å². The van der Waals surface area contributed by atoms with E-state index >= 15 is 0 Å². The van der Waals surface area contributed by atoms with Crippen LogP contribution < -0.4 is 5.32 Å². The number of carboxylic acids is 1. The van der Waals surface area contributed by atoms with E-state index in [1.54, 1.807) is 33.2 Å². The van der Waals surface area contributed by atoms with Crippen LogP contribution in [0.5, 0.6) is 0 Å². The van der Waals surface area contributed by atoms with E-state index in [1.807, 2.05) is 0 Å². The smallest absolute Gasteiger partial charge is 0.408 e. The number of ether oxygens (including phenoxy) is 1. The lowest BCUT2D eigenvalue weighted by Crippen LogP contribution is -2.46. The molecule has 1 aliphatic rings. The first-order valence-electron chi connectivity index (χ1n) is 9.80. The fraction of sp³-hybridized carbons (Fsp3) is 0.500. The Kier molecular flexibility index (Phi) is 6.65. The number of aromatic carboxylic acids is 1. The molecule has 1 fully saturated rings. The van der Waals surface area contributed by atoms with Crippen LogP contribution in [0.15, 0.2) is 10.8 Å². The number of thiazole rings is 2. The van der Waals surface area contributed by atoms with Crippen molar-refractivity contribution in [1.82, 2.24) is 20.2 Å². The molecule has 1 saturated carbocycles. The van der Waals surface area contributed by atoms with E-state index in [9.17, 15) is 19.2 Å². The summed E-state index contributed by atoms with van der Waals surface area (Å²) in [6, 6.07) is 0. The Balaban J connectivity index is 1.55. The van der Waals surface area contributed by atoms with Crippen molar-refractivity contribution in [2.24, 2.45) is 0 Å². The number of Topliss-reactive ketones (excluding diaryl/α,β-unsaturated/α-hetero) is 1. The number of hydrogen-bond donors (Lipinski definition) is 2. The largest absolute Gasteiger partial charge is 0.476 e. The average Bonchev–Trinajstić information content (AvgIpc) is 3.09. The van der Waals surface area contributed by atoms with Gasteiger partial charge in [0.1, 0.15) is 26.8 Å². The normalized spacial score (nSPS) is 14.5. The van der Waals surface area contributed by atoms with E-state index in [0.717, 1.165) is 0 Å². The first-order valence-corrected chi connectivity index (χ1v) is 11.6. The first kappa shape index (κ1) is 23.8. The van der Waals surface area contributed by atoms with Crippen molar-refractivity contribution in [3.8, 4) is 10.7 Å². The van der Waals surface area contributed by atoms with Gasteiger partial charge in [0.05, 0.1) is 13.0 Å². The number of rotatable bonds is 8. The van der Waals surface area contributed by atoms with Crippen LogP contribution in [0.2, 0.25) is 0 Å². The van der Waals surface area contributed by atoms with Gasteiger partial charge in [-0.2, -0.15) is 0 Å². The molecule has 12 heteroatoms. The lowest BCUT2D eigenvalue weighted by molar-refractivity contribution is -0.136. The van der Waals surface area contributed by atoms with Crippen molar-refractivity contribution in [2.45, 2.75) is 57.7 Å². The minimum atomic E-state index is -1.10. The SMILES string of the molecule is CN(Cc1nc(-c2nc(C(=O)O)cs2)cs1)C(=O)CC(=O)C1(NC(=O)OC(C)(C)C)CC1. The van der Waals surface area contributed by atoms with E-state index < -0.39 is 23.2 Å². The minimum Gasteiger partial charge on any atom is -0.476 e. The van der Waals surface area contributed by atoms with Gasteiger partial charge in [0.2, 0.25) is 5.91 Å². The van der Waals surface area contributed by atoms with Crippen LogP contribution in [0.3, 0.4) is 0 Å². The third-order valence-electron chi connectivity index (χ3n) is 4.63. The number of alkyl carbamates (subject to hydrolysis) is 1. The molecule has 2 heterocycles. The van der Waals surface area contributed by atoms with Gasteiger partial charge in [0.25, 0.3) is 0 Å². The van der Waals surface area contributed by atoms with Gasteiger partial charge in [-0.3, -0.25) is 9.59 Å². The molecule has 0 spiro atoms. The minimum absolute atomic E-state index is 0.0423. The molecular weight excluding hydrogens is 456 g/mol. The van der Waals surface area contributed by atoms with Crippen LogP contribution in [0.25, 0.3) is 10.7 Å². The van der Waals surface area contributed by atoms with Gasteiger partial charge < -0.3 is 20.1 Å². The Labute approximate surface area is 192 Å². The van der Waals surface area contributed by atoms with Crippen molar-refractivity contribution in [1.29, 1.82) is 0 Å². The van der Waals surface area contributed by atoms with Crippen molar-refractivity contribution in [3.63, 3.8) is 0 Å². The summed E-state index contributed by atoms with van der Waals surface area (Å²) in [7, 11) is 1.57. The maximum absolute atomic E-state index is 12.7. The Morgan fingerprint density at radius 3 is 2.44 bits per heavy atom. The van der Waals surface area contributed by atoms with Crippen molar-refractivity contribution in [3.05, 3.63) is 21.5 Å². The Morgan fingerprint density at radius 2 is 1.88 bits per heavy atom. The number of nitrogens with one attached hydrogen (secondary N) is 1. The van der Waals surface area contributed by atoms with Crippen LogP contribution in [0.1, 0.15) is 55.5 Å². The van der Waals surface area contributed by atoms with Crippen molar-refractivity contribution >= 4 is 46.4 Å². The molecule has 2 aromatic rings. The van der Waals surface area contributed by atoms with Crippen LogP contribution in [0.4, 0.5) is 4.79 Å². The maximum Gasteiger partial charge on any atom is 0.408 e. The molecule has 1 aliphatic carbocycles. The zero-order valence-electron chi connectivity index (χ0n) is 18.1. The highest BCUT2D eigenvalue weighted by Gasteiger charge is 2.51. The molecule has 2 amide bonds. The van der Waals surface area contributed by atoms with E-state index in [-0.39, 0.29) is 30.3 Å². The predicted molar refractivity (Wildman–Crippen MR) is 118 cm³/mol. The average molecular weight is 481 g/mol. The first-order chi connectivity index (χ1) is 14.9.